The second-order valence-electron chi connectivity index (χ2n) is 13.5. The second kappa shape index (κ2) is 18.2. The first kappa shape index (κ1) is 44.1. The minimum absolute atomic E-state index is 0.00820. The van der Waals surface area contributed by atoms with Crippen LogP contribution in [0, 0.1) is 0 Å². The van der Waals surface area contributed by atoms with Gasteiger partial charge in [0, 0.05) is 22.8 Å². The molecule has 7 heterocycles. The Morgan fingerprint density at radius 1 is 0.783 bits per heavy atom. The molecule has 4 aromatic rings. The first-order valence-electron chi connectivity index (χ1n) is 17.9. The number of aromatic nitrogens is 8. The molecule has 0 amide bonds. The Morgan fingerprint density at radius 2 is 1.25 bits per heavy atom. The molecule has 5 N–H and O–H groups in total. The second-order valence-corrected chi connectivity index (χ2v) is 21.4. The lowest BCUT2D eigenvalue weighted by molar-refractivity contribution is -0.0569. The lowest BCUT2D eigenvalue weighted by Gasteiger charge is -2.28. The summed E-state index contributed by atoms with van der Waals surface area (Å²) in [6, 6.07) is 0. The Hall–Kier alpha value is -3.95. The van der Waals surface area contributed by atoms with Crippen molar-refractivity contribution in [1.29, 1.82) is 0 Å². The summed E-state index contributed by atoms with van der Waals surface area (Å²) in [5.41, 5.74) is 12.4. The summed E-state index contributed by atoms with van der Waals surface area (Å²) in [6.07, 6.45) is -11.9. The Morgan fingerprint density at radius 3 is 1.77 bits per heavy atom. The molecule has 10 atom stereocenters. The van der Waals surface area contributed by atoms with Crippen LogP contribution in [0.2, 0.25) is 0 Å². The van der Waals surface area contributed by atoms with E-state index in [9.17, 15) is 23.8 Å². The normalized spacial score (nSPS) is 31.1. The Bertz CT molecular complexity index is 2300. The van der Waals surface area contributed by atoms with Gasteiger partial charge in [-0.05, 0) is 27.7 Å². The first-order chi connectivity index (χ1) is 28.5. The third-order valence-corrected chi connectivity index (χ3v) is 15.3. The van der Waals surface area contributed by atoms with Gasteiger partial charge in [0.25, 0.3) is 0 Å². The number of nitrogens with two attached hydrogens (primary N) is 2. The summed E-state index contributed by atoms with van der Waals surface area (Å²) < 4.78 is 105. The number of alkyl halides is 1. The average molecular weight is 925 g/mol. The van der Waals surface area contributed by atoms with Gasteiger partial charge < -0.3 is 45.0 Å². The molecular weight excluding hydrogens is 885 g/mol. The monoisotopic (exact) mass is 924 g/mol. The fourth-order valence-corrected chi connectivity index (χ4v) is 11.6. The fraction of sp³-hybridized carbons (Fsp3) is 0.600. The molecular formula is C30H39FN10O15P2S2. The quantitative estimate of drug-likeness (QED) is 0.115. The number of halogens is 1. The van der Waals surface area contributed by atoms with Crippen LogP contribution >= 0.6 is 36.4 Å². The van der Waals surface area contributed by atoms with E-state index in [1.165, 1.54) is 21.8 Å². The van der Waals surface area contributed by atoms with Gasteiger partial charge in [-0.3, -0.25) is 27.2 Å². The summed E-state index contributed by atoms with van der Waals surface area (Å²) in [7, 11) is 0. The van der Waals surface area contributed by atoms with Gasteiger partial charge in [0.05, 0.1) is 38.1 Å². The number of carbonyl (C=O) groups excluding carboxylic acids is 2. The van der Waals surface area contributed by atoms with Crippen molar-refractivity contribution < 1.29 is 74.7 Å². The zero-order valence-electron chi connectivity index (χ0n) is 31.9. The molecule has 0 spiro atoms. The number of imidazole rings is 2. The average Bonchev–Trinajstić information content (AvgIpc) is 3.94. The van der Waals surface area contributed by atoms with Crippen molar-refractivity contribution in [2.24, 2.45) is 0 Å². The third kappa shape index (κ3) is 9.57. The molecule has 328 valence electrons. The number of hydrogen-bond acceptors (Lipinski definition) is 25. The summed E-state index contributed by atoms with van der Waals surface area (Å²) in [4.78, 5) is 49.0. The summed E-state index contributed by atoms with van der Waals surface area (Å²) >= 11 is 0.722. The number of rotatable bonds is 10. The van der Waals surface area contributed by atoms with E-state index in [4.69, 9.17) is 58.0 Å². The standard InChI is InChI=1S/C30H39FN10O15P2S2/c1-13(2)51-29(43)47-11-59-57(45)49-5-15-20(42)22(28(53-15)41-10-39-19-24(33)35-8-37-26(19)41)56-58(46,60-12-48-30(44)52-14(3)4)50-6-16-21(55-57)17(31)27(54-16)40-9-38-18-23(32)34-7-36-25(18)40/h7-10,13-17,20-22,27-28,42H,5-6,11-12H2,1-4H3,(H2,32,34,36)(H2,33,35,37)/t15-,16-,17?,20?,21?,22?,27-,28-,57?,58?/m1/s1. The van der Waals surface area contributed by atoms with Crippen molar-refractivity contribution in [1.82, 2.24) is 39.0 Å². The maximum atomic E-state index is 16.8. The van der Waals surface area contributed by atoms with E-state index in [2.05, 4.69) is 29.9 Å². The number of hydrogen-bond donors (Lipinski definition) is 3. The van der Waals surface area contributed by atoms with E-state index < -0.39 is 112 Å². The van der Waals surface area contributed by atoms with Crippen molar-refractivity contribution in [2.45, 2.75) is 89.1 Å². The molecule has 0 saturated carbocycles. The Kier molecular flexibility index (Phi) is 13.4. The van der Waals surface area contributed by atoms with Crippen LogP contribution in [0.25, 0.3) is 22.3 Å². The number of ether oxygens (including phenoxy) is 6. The number of anilines is 2. The van der Waals surface area contributed by atoms with E-state index >= 15 is 4.39 Å². The predicted octanol–water partition coefficient (Wildman–Crippen LogP) is 3.86. The van der Waals surface area contributed by atoms with Gasteiger partial charge >= 0.3 is 25.9 Å². The van der Waals surface area contributed by atoms with Crippen LogP contribution in [0.4, 0.5) is 25.6 Å². The third-order valence-electron chi connectivity index (χ3n) is 8.64. The molecule has 3 fully saturated rings. The van der Waals surface area contributed by atoms with Crippen molar-refractivity contribution in [3.63, 3.8) is 0 Å². The molecule has 7 rings (SSSR count). The van der Waals surface area contributed by atoms with Crippen molar-refractivity contribution >= 4 is 82.6 Å². The molecule has 6 unspecified atom stereocenters. The Labute approximate surface area is 346 Å². The highest BCUT2D eigenvalue weighted by molar-refractivity contribution is 8.55. The van der Waals surface area contributed by atoms with Crippen LogP contribution in [0.15, 0.2) is 25.3 Å². The van der Waals surface area contributed by atoms with Gasteiger partial charge in [0.15, 0.2) is 53.4 Å². The molecule has 3 saturated heterocycles. The van der Waals surface area contributed by atoms with E-state index in [0.29, 0.717) is 22.8 Å². The van der Waals surface area contributed by atoms with Crippen LogP contribution in [0.3, 0.4) is 0 Å². The minimum Gasteiger partial charge on any atom is -0.432 e. The van der Waals surface area contributed by atoms with Crippen LogP contribution < -0.4 is 11.5 Å². The van der Waals surface area contributed by atoms with E-state index in [-0.39, 0.29) is 34.0 Å². The molecule has 0 aromatic carbocycles. The lowest BCUT2D eigenvalue weighted by Crippen LogP contribution is -2.35. The number of nitrogen functional groups attached to an aromatic ring is 2. The molecule has 3 aliphatic heterocycles. The SMILES string of the molecule is CC(C)OC(=O)OCSP1(=O)OC[C@H]2O[C@@H](n3cnc4c(N)ncnc43)C(F)C2OP(=O)(SCOC(=O)OC(C)C)OC[C@H]2O[C@@H](n3cnc4c(N)ncnc43)C(O1)C2O. The zero-order valence-corrected chi connectivity index (χ0v) is 35.3. The minimum atomic E-state index is -4.69. The first-order valence-corrected chi connectivity index (χ1v) is 24.1. The van der Waals surface area contributed by atoms with Crippen LogP contribution in [0.1, 0.15) is 40.2 Å². The molecule has 25 nitrogen and oxygen atoms in total. The highest BCUT2D eigenvalue weighted by Gasteiger charge is 2.55. The number of nitrogens with zero attached hydrogens (tertiary/aromatic N) is 8. The number of aliphatic hydroxyl groups excluding tert-OH is 1. The number of fused-ring (bicyclic) bond motifs is 5. The molecule has 0 aliphatic carbocycles. The highest BCUT2D eigenvalue weighted by Crippen LogP contribution is 2.66. The maximum absolute atomic E-state index is 16.8. The zero-order chi connectivity index (χ0) is 42.9. The van der Waals surface area contributed by atoms with Crippen molar-refractivity contribution in [2.75, 3.05) is 36.6 Å². The molecule has 2 bridgehead atoms. The van der Waals surface area contributed by atoms with Gasteiger partial charge in [0.2, 0.25) is 0 Å². The van der Waals surface area contributed by atoms with E-state index in [1.807, 2.05) is 0 Å². The maximum Gasteiger partial charge on any atom is 0.509 e. The number of carbonyl (C=O) groups is 2. The number of aliphatic hydroxyl groups is 1. The highest BCUT2D eigenvalue weighted by atomic mass is 32.7. The topological polar surface area (TPSA) is 320 Å². The van der Waals surface area contributed by atoms with E-state index in [1.54, 1.807) is 27.7 Å². The van der Waals surface area contributed by atoms with Gasteiger partial charge in [0.1, 0.15) is 54.2 Å². The van der Waals surface area contributed by atoms with E-state index in [0.717, 1.165) is 12.7 Å². The lowest BCUT2D eigenvalue weighted by atomic mass is 10.1. The fourth-order valence-electron chi connectivity index (χ4n) is 6.04. The van der Waals surface area contributed by atoms with Gasteiger partial charge in [-0.1, -0.05) is 0 Å². The summed E-state index contributed by atoms with van der Waals surface area (Å²) in [6.45, 7) is -4.56. The van der Waals surface area contributed by atoms with Gasteiger partial charge in [-0.2, -0.15) is 0 Å². The summed E-state index contributed by atoms with van der Waals surface area (Å²) in [5, 5.41) is 11.7. The van der Waals surface area contributed by atoms with Gasteiger partial charge in [-0.15, -0.1) is 0 Å². The van der Waals surface area contributed by atoms with Gasteiger partial charge in [-0.25, -0.2) is 53.0 Å². The molecule has 3 aliphatic rings. The van der Waals surface area contributed by atoms with Crippen LogP contribution in [0.5, 0.6) is 0 Å². The summed E-state index contributed by atoms with van der Waals surface area (Å²) in [5.74, 6) is -1.33. The van der Waals surface area contributed by atoms with Crippen molar-refractivity contribution in [3.8, 4) is 0 Å². The molecule has 4 aromatic heterocycles. The Balaban J connectivity index is 1.25. The smallest absolute Gasteiger partial charge is 0.432 e. The molecule has 30 heteroatoms. The van der Waals surface area contributed by atoms with Crippen molar-refractivity contribution in [3.05, 3.63) is 25.3 Å². The largest absolute Gasteiger partial charge is 0.509 e. The molecule has 0 radical (unpaired) electrons. The predicted molar refractivity (Wildman–Crippen MR) is 205 cm³/mol. The van der Waals surface area contributed by atoms with Crippen LogP contribution in [-0.2, 0) is 55.6 Å². The van der Waals surface area contributed by atoms with Crippen LogP contribution in [-0.4, -0.2) is 130 Å². The molecule has 60 heavy (non-hydrogen) atoms.